The molecule has 1 aromatic carbocycles. The second kappa shape index (κ2) is 23.7. The number of ketones is 2. The number of esters is 1. The van der Waals surface area contributed by atoms with Gasteiger partial charge < -0.3 is 38.8 Å². The van der Waals surface area contributed by atoms with Gasteiger partial charge in [0.2, 0.25) is 5.79 Å². The third-order valence-corrected chi connectivity index (χ3v) is 14.2. The van der Waals surface area contributed by atoms with Gasteiger partial charge in [0.15, 0.2) is 0 Å². The number of Topliss-reactive ketones (excluding diaryl/α,β-unsaturated/α-hetero) is 2. The van der Waals surface area contributed by atoms with Gasteiger partial charge in [-0.1, -0.05) is 82.3 Å². The minimum Gasteiger partial charge on any atom is -0.456 e. The highest BCUT2D eigenvalue weighted by atomic mass is 19.1. The van der Waals surface area contributed by atoms with Crippen LogP contribution in [-0.2, 0) is 42.9 Å². The van der Waals surface area contributed by atoms with Gasteiger partial charge in [-0.25, -0.2) is 9.18 Å². The van der Waals surface area contributed by atoms with Gasteiger partial charge in [-0.15, -0.1) is 0 Å². The Morgan fingerprint density at radius 1 is 0.938 bits per heavy atom. The molecule has 64 heavy (non-hydrogen) atoms. The minimum atomic E-state index is -2.58. The van der Waals surface area contributed by atoms with Crippen molar-refractivity contribution in [1.82, 2.24) is 4.90 Å². The number of halogens is 1. The Morgan fingerprint density at radius 2 is 1.64 bits per heavy atom. The molecule has 1 aliphatic carbocycles. The van der Waals surface area contributed by atoms with Crippen LogP contribution in [0.4, 0.5) is 4.39 Å². The molecule has 2 N–H and O–H groups in total. The van der Waals surface area contributed by atoms with E-state index in [0.717, 1.165) is 11.1 Å². The molecule has 3 heterocycles. The molecule has 0 spiro atoms. The average Bonchev–Trinajstić information content (AvgIpc) is 3.30. The summed E-state index contributed by atoms with van der Waals surface area (Å²) >= 11 is 0. The number of hydrogen-bond donors (Lipinski definition) is 2. The molecule has 1 saturated carbocycles. The number of carbonyl (C=O) groups excluding carboxylic acids is 4. The summed E-state index contributed by atoms with van der Waals surface area (Å²) in [6.45, 7) is 11.2. The summed E-state index contributed by atoms with van der Waals surface area (Å²) in [6.07, 6.45) is 6.34. The van der Waals surface area contributed by atoms with Crippen LogP contribution in [0, 0.1) is 29.6 Å². The van der Waals surface area contributed by atoms with Crippen molar-refractivity contribution in [2.75, 3.05) is 27.4 Å². The largest absolute Gasteiger partial charge is 0.456 e. The topological polar surface area (TPSA) is 158 Å². The van der Waals surface area contributed by atoms with E-state index in [4.69, 9.17) is 23.7 Å². The van der Waals surface area contributed by atoms with Crippen molar-refractivity contribution in [1.29, 1.82) is 0 Å². The summed E-state index contributed by atoms with van der Waals surface area (Å²) in [7, 11) is 2.92. The molecule has 3 aliphatic heterocycles. The SMILES string of the molecule is CCC1/C=C(\C)C(F)C(C)CC(OC)C2OC(O)(C(=O)C(=O)N3CCCCC3C(=O)OC(C(C)=CC3CCC(O)C(OCC=Cc4ccccc4)C3)C(C)CCC1=O)C(C)CC2OC. The number of ether oxygens (including phenoxy) is 5. The quantitative estimate of drug-likeness (QED) is 0.143. The molecular weight excluding hydrogens is 822 g/mol. The van der Waals surface area contributed by atoms with Crippen LogP contribution in [0.2, 0.25) is 0 Å². The Kier molecular flexibility index (Phi) is 19.1. The first-order chi connectivity index (χ1) is 30.5. The molecule has 4 aliphatic rings. The smallest absolute Gasteiger partial charge is 0.329 e. The van der Waals surface area contributed by atoms with Crippen LogP contribution in [0.3, 0.4) is 0 Å². The second-order valence-corrected chi connectivity index (χ2v) is 18.9. The van der Waals surface area contributed by atoms with Crippen LogP contribution < -0.4 is 0 Å². The van der Waals surface area contributed by atoms with Gasteiger partial charge in [0, 0.05) is 39.0 Å². The number of nitrogens with zero attached hydrogens (tertiary/aromatic N) is 1. The van der Waals surface area contributed by atoms with Crippen molar-refractivity contribution in [2.24, 2.45) is 29.6 Å². The summed E-state index contributed by atoms with van der Waals surface area (Å²) in [4.78, 5) is 58.1. The number of piperidine rings is 1. The number of benzene rings is 1. The lowest BCUT2D eigenvalue weighted by Gasteiger charge is -2.47. The Morgan fingerprint density at radius 3 is 2.33 bits per heavy atom. The second-order valence-electron chi connectivity index (χ2n) is 18.9. The van der Waals surface area contributed by atoms with E-state index < -0.39 is 90.0 Å². The van der Waals surface area contributed by atoms with Gasteiger partial charge in [0.25, 0.3) is 11.7 Å². The van der Waals surface area contributed by atoms with Gasteiger partial charge in [0.05, 0.1) is 31.0 Å². The van der Waals surface area contributed by atoms with E-state index in [1.165, 1.54) is 19.1 Å². The van der Waals surface area contributed by atoms with Crippen LogP contribution in [0.25, 0.3) is 6.08 Å². The fraction of sp³-hybridized carbons (Fsp3) is 0.686. The zero-order chi connectivity index (χ0) is 46.7. The highest BCUT2D eigenvalue weighted by Crippen LogP contribution is 2.39. The third-order valence-electron chi connectivity index (χ3n) is 14.2. The predicted molar refractivity (Wildman–Crippen MR) is 241 cm³/mol. The third kappa shape index (κ3) is 12.6. The molecule has 2 saturated heterocycles. The summed E-state index contributed by atoms with van der Waals surface area (Å²) in [5, 5.41) is 23.0. The monoisotopic (exact) mass is 896 g/mol. The van der Waals surface area contributed by atoms with Gasteiger partial charge in [-0.2, -0.15) is 0 Å². The van der Waals surface area contributed by atoms with Crippen LogP contribution >= 0.6 is 0 Å². The fourth-order valence-electron chi connectivity index (χ4n) is 10.2. The Bertz CT molecular complexity index is 1820. The molecule has 12 nitrogen and oxygen atoms in total. The van der Waals surface area contributed by atoms with Gasteiger partial charge in [-0.3, -0.25) is 14.4 Å². The molecule has 5 rings (SSSR count). The van der Waals surface area contributed by atoms with Crippen LogP contribution in [0.15, 0.2) is 59.7 Å². The van der Waals surface area contributed by atoms with E-state index in [9.17, 15) is 29.4 Å². The van der Waals surface area contributed by atoms with Crippen LogP contribution in [0.5, 0.6) is 0 Å². The highest BCUT2D eigenvalue weighted by Gasteiger charge is 2.56. The van der Waals surface area contributed by atoms with Crippen molar-refractivity contribution in [2.45, 2.75) is 167 Å². The van der Waals surface area contributed by atoms with Crippen molar-refractivity contribution < 1.29 is 57.5 Å². The van der Waals surface area contributed by atoms with Crippen molar-refractivity contribution in [3.05, 3.63) is 65.3 Å². The van der Waals surface area contributed by atoms with E-state index in [1.807, 2.05) is 63.3 Å². The number of fused-ring (bicyclic) bond motifs is 3. The molecule has 0 radical (unpaired) electrons. The minimum absolute atomic E-state index is 0.000596. The zero-order valence-electron chi connectivity index (χ0n) is 39.3. The first-order valence-corrected chi connectivity index (χ1v) is 23.6. The lowest BCUT2D eigenvalue weighted by Crippen LogP contribution is -2.64. The number of methoxy groups -OCH3 is 2. The molecule has 3 fully saturated rings. The molecule has 1 aromatic rings. The first kappa shape index (κ1) is 51.4. The van der Waals surface area contributed by atoms with E-state index in [0.29, 0.717) is 57.1 Å². The predicted octanol–water partition coefficient (Wildman–Crippen LogP) is 7.53. The number of hydrogen-bond acceptors (Lipinski definition) is 11. The average molecular weight is 896 g/mol. The molecule has 0 aromatic heterocycles. The fourth-order valence-corrected chi connectivity index (χ4v) is 10.2. The normalized spacial score (nSPS) is 37.9. The van der Waals surface area contributed by atoms with E-state index in [-0.39, 0.29) is 49.8 Å². The summed E-state index contributed by atoms with van der Waals surface area (Å²) in [5.41, 5.74) is 2.23. The number of cyclic esters (lactones) is 1. The summed E-state index contributed by atoms with van der Waals surface area (Å²) in [6, 6.07) is 8.79. The number of alkyl halides is 1. The number of aliphatic hydroxyl groups is 2. The number of amides is 1. The van der Waals surface area contributed by atoms with Crippen LogP contribution in [-0.4, -0.2) is 121 Å². The van der Waals surface area contributed by atoms with E-state index >= 15 is 4.39 Å². The van der Waals surface area contributed by atoms with Crippen molar-refractivity contribution in [3.63, 3.8) is 0 Å². The Balaban J connectivity index is 1.46. The standard InChI is InChI=1S/C51H74FNO11/c1-9-38-27-32(3)45(52)33(4)28-43(60-7)47-44(61-8)29-35(6)51(59,64-47)48(56)49(57)53-24-14-13-19-39(53)50(58)63-46(31(2)20-22-40(38)54)34(5)26-37-21-23-41(55)42(30-37)62-25-15-18-36-16-11-10-12-17-36/h10-12,15-18,26-27,31,33,35,37-39,41-47,55,59H,9,13-14,19-25,28-30H2,1-8H3/b18-15?,32-27+,34-26?. The molecule has 356 valence electrons. The maximum Gasteiger partial charge on any atom is 0.329 e. The van der Waals surface area contributed by atoms with Crippen LogP contribution in [0.1, 0.15) is 118 Å². The van der Waals surface area contributed by atoms with Crippen molar-refractivity contribution >= 4 is 29.5 Å². The number of allylic oxidation sites excluding steroid dienone is 3. The molecule has 14 unspecified atom stereocenters. The number of rotatable bonds is 9. The molecular formula is C51H74FNO11. The molecule has 14 atom stereocenters. The molecule has 13 heteroatoms. The summed E-state index contributed by atoms with van der Waals surface area (Å²) in [5.74, 6) is -7.93. The van der Waals surface area contributed by atoms with Gasteiger partial charge in [-0.05, 0) is 113 Å². The lowest BCUT2D eigenvalue weighted by atomic mass is 9.81. The number of carbonyl (C=O) groups is 4. The maximum absolute atomic E-state index is 16.3. The van der Waals surface area contributed by atoms with E-state index in [1.54, 1.807) is 26.8 Å². The first-order valence-electron chi connectivity index (χ1n) is 23.6. The van der Waals surface area contributed by atoms with E-state index in [2.05, 4.69) is 6.08 Å². The highest BCUT2D eigenvalue weighted by molar-refractivity contribution is 6.39. The summed E-state index contributed by atoms with van der Waals surface area (Å²) < 4.78 is 46.6. The van der Waals surface area contributed by atoms with Crippen molar-refractivity contribution in [3.8, 4) is 0 Å². The van der Waals surface area contributed by atoms with Gasteiger partial charge >= 0.3 is 5.97 Å². The molecule has 2 bridgehead atoms. The molecule has 1 amide bonds. The lowest BCUT2D eigenvalue weighted by molar-refractivity contribution is -0.302. The maximum atomic E-state index is 16.3. The Hall–Kier alpha value is -3.59. The zero-order valence-corrected chi connectivity index (χ0v) is 39.3. The Labute approximate surface area is 379 Å². The van der Waals surface area contributed by atoms with Gasteiger partial charge in [0.1, 0.15) is 30.2 Å². The number of aliphatic hydroxyl groups excluding tert-OH is 1.